The van der Waals surface area contributed by atoms with Crippen LogP contribution in [0.1, 0.15) is 20.3 Å². The quantitative estimate of drug-likeness (QED) is 0.548. The van der Waals surface area contributed by atoms with E-state index in [1.807, 2.05) is 6.92 Å². The molecule has 0 saturated carbocycles. The zero-order chi connectivity index (χ0) is 8.85. The third-order valence-electron chi connectivity index (χ3n) is 1.37. The number of hydrogen-bond acceptors (Lipinski definition) is 2. The van der Waals surface area contributed by atoms with Gasteiger partial charge in [-0.1, -0.05) is 6.92 Å². The second-order valence-electron chi connectivity index (χ2n) is 2.42. The molecule has 0 saturated heterocycles. The van der Waals surface area contributed by atoms with Gasteiger partial charge in [0.25, 0.3) is 0 Å². The predicted molar refractivity (Wildman–Crippen MR) is 41.7 cm³/mol. The predicted octanol–water partition coefficient (Wildman–Crippen LogP) is -0.366. The van der Waals surface area contributed by atoms with Gasteiger partial charge in [-0.15, -0.1) is 0 Å². The Bertz CT molecular complexity index is 157. The van der Waals surface area contributed by atoms with Crippen LogP contribution in [-0.2, 0) is 9.59 Å². The maximum absolute atomic E-state index is 10.9. The average molecular weight is 158 g/mol. The normalized spacial score (nSPS) is 12.2. The number of hydrogen-bond donors (Lipinski definition) is 2. The first kappa shape index (κ1) is 9.94. The van der Waals surface area contributed by atoms with Crippen LogP contribution in [0.3, 0.4) is 0 Å². The molecule has 64 valence electrons. The Kier molecular flexibility index (Phi) is 4.26. The van der Waals surface area contributed by atoms with Gasteiger partial charge in [0, 0.05) is 6.54 Å². The maximum Gasteiger partial charge on any atom is 0.232 e. The van der Waals surface area contributed by atoms with Gasteiger partial charge in [-0.05, 0) is 13.3 Å². The molecule has 0 rings (SSSR count). The van der Waals surface area contributed by atoms with E-state index in [9.17, 15) is 9.59 Å². The summed E-state index contributed by atoms with van der Waals surface area (Å²) >= 11 is 0. The van der Waals surface area contributed by atoms with Crippen molar-refractivity contribution in [3.8, 4) is 0 Å². The highest BCUT2D eigenvalue weighted by atomic mass is 16.2. The van der Waals surface area contributed by atoms with Crippen molar-refractivity contribution in [3.05, 3.63) is 0 Å². The SMILES string of the molecule is CCCNC(=O)C(C)C(N)=O. The first-order valence-corrected chi connectivity index (χ1v) is 3.66. The highest BCUT2D eigenvalue weighted by molar-refractivity contribution is 5.99. The molecule has 0 heterocycles. The zero-order valence-corrected chi connectivity index (χ0v) is 6.89. The van der Waals surface area contributed by atoms with Gasteiger partial charge in [0.2, 0.25) is 11.8 Å². The summed E-state index contributed by atoms with van der Waals surface area (Å²) in [6.07, 6.45) is 0.858. The molecule has 4 nitrogen and oxygen atoms in total. The molecule has 0 aromatic heterocycles. The molecule has 3 N–H and O–H groups in total. The number of primary amides is 1. The standard InChI is InChI=1S/C7H14N2O2/c1-3-4-9-7(11)5(2)6(8)10/h5H,3-4H2,1-2H3,(H2,8,10)(H,9,11). The van der Waals surface area contributed by atoms with Crippen LogP contribution in [0, 0.1) is 5.92 Å². The molecule has 0 aromatic rings. The molecule has 1 unspecified atom stereocenters. The fourth-order valence-electron chi connectivity index (χ4n) is 0.530. The minimum Gasteiger partial charge on any atom is -0.369 e. The van der Waals surface area contributed by atoms with Crippen molar-refractivity contribution in [3.63, 3.8) is 0 Å². The largest absolute Gasteiger partial charge is 0.369 e. The summed E-state index contributed by atoms with van der Waals surface area (Å²) in [5, 5.41) is 2.57. The minimum absolute atomic E-state index is 0.292. The summed E-state index contributed by atoms with van der Waals surface area (Å²) in [7, 11) is 0. The number of amides is 2. The van der Waals surface area contributed by atoms with Crippen LogP contribution >= 0.6 is 0 Å². The lowest BCUT2D eigenvalue weighted by Gasteiger charge is -2.06. The van der Waals surface area contributed by atoms with Gasteiger partial charge in [0.1, 0.15) is 5.92 Å². The molecule has 0 spiro atoms. The fraction of sp³-hybridized carbons (Fsp3) is 0.714. The van der Waals surface area contributed by atoms with E-state index in [1.165, 1.54) is 6.92 Å². The highest BCUT2D eigenvalue weighted by Crippen LogP contribution is 1.91. The number of nitrogens with one attached hydrogen (secondary N) is 1. The third kappa shape index (κ3) is 3.60. The summed E-state index contributed by atoms with van der Waals surface area (Å²) < 4.78 is 0. The van der Waals surface area contributed by atoms with E-state index in [2.05, 4.69) is 5.32 Å². The van der Waals surface area contributed by atoms with Crippen molar-refractivity contribution in [1.29, 1.82) is 0 Å². The Hall–Kier alpha value is -1.06. The molecule has 1 atom stereocenters. The Labute approximate surface area is 66.1 Å². The van der Waals surface area contributed by atoms with E-state index in [1.54, 1.807) is 0 Å². The zero-order valence-electron chi connectivity index (χ0n) is 6.89. The first-order valence-electron chi connectivity index (χ1n) is 3.66. The lowest BCUT2D eigenvalue weighted by molar-refractivity contribution is -0.132. The molecule has 0 aliphatic heterocycles. The van der Waals surface area contributed by atoms with E-state index < -0.39 is 11.8 Å². The summed E-state index contributed by atoms with van der Waals surface area (Å²) in [4.78, 5) is 21.4. The van der Waals surface area contributed by atoms with Crippen LogP contribution in [0.15, 0.2) is 0 Å². The molecule has 0 bridgehead atoms. The van der Waals surface area contributed by atoms with Crippen LogP contribution in [0.2, 0.25) is 0 Å². The molecule has 0 aliphatic carbocycles. The van der Waals surface area contributed by atoms with E-state index in [0.717, 1.165) is 6.42 Å². The third-order valence-corrected chi connectivity index (χ3v) is 1.37. The van der Waals surface area contributed by atoms with E-state index in [4.69, 9.17) is 5.73 Å². The lowest BCUT2D eigenvalue weighted by Crippen LogP contribution is -2.37. The Morgan fingerprint density at radius 2 is 2.09 bits per heavy atom. The van der Waals surface area contributed by atoms with Gasteiger partial charge >= 0.3 is 0 Å². The van der Waals surface area contributed by atoms with Gasteiger partial charge in [-0.25, -0.2) is 0 Å². The second kappa shape index (κ2) is 4.71. The van der Waals surface area contributed by atoms with Gasteiger partial charge < -0.3 is 11.1 Å². The number of carbonyl (C=O) groups is 2. The van der Waals surface area contributed by atoms with Gasteiger partial charge in [0.05, 0.1) is 0 Å². The summed E-state index contributed by atoms with van der Waals surface area (Å²) in [6, 6.07) is 0. The van der Waals surface area contributed by atoms with Crippen molar-refractivity contribution in [2.75, 3.05) is 6.54 Å². The van der Waals surface area contributed by atoms with Crippen LogP contribution in [-0.4, -0.2) is 18.4 Å². The van der Waals surface area contributed by atoms with Crippen molar-refractivity contribution in [2.45, 2.75) is 20.3 Å². The number of rotatable bonds is 4. The molecule has 0 fully saturated rings. The number of nitrogens with two attached hydrogens (primary N) is 1. The molecule has 0 aliphatic rings. The minimum atomic E-state index is -0.721. The van der Waals surface area contributed by atoms with Gasteiger partial charge in [-0.2, -0.15) is 0 Å². The second-order valence-corrected chi connectivity index (χ2v) is 2.42. The Morgan fingerprint density at radius 1 is 1.55 bits per heavy atom. The summed E-state index contributed by atoms with van der Waals surface area (Å²) in [5.41, 5.74) is 4.91. The maximum atomic E-state index is 10.9. The summed E-state index contributed by atoms with van der Waals surface area (Å²) in [5.74, 6) is -1.60. The monoisotopic (exact) mass is 158 g/mol. The van der Waals surface area contributed by atoms with Crippen molar-refractivity contribution < 1.29 is 9.59 Å². The van der Waals surface area contributed by atoms with E-state index in [0.29, 0.717) is 6.54 Å². The summed E-state index contributed by atoms with van der Waals surface area (Å²) in [6.45, 7) is 4.03. The molecule has 11 heavy (non-hydrogen) atoms. The molecular weight excluding hydrogens is 144 g/mol. The molecular formula is C7H14N2O2. The first-order chi connectivity index (χ1) is 5.09. The van der Waals surface area contributed by atoms with Crippen LogP contribution in [0.5, 0.6) is 0 Å². The van der Waals surface area contributed by atoms with Crippen LogP contribution in [0.25, 0.3) is 0 Å². The lowest BCUT2D eigenvalue weighted by atomic mass is 10.1. The average Bonchev–Trinajstić information content (AvgIpc) is 1.98. The van der Waals surface area contributed by atoms with Gasteiger partial charge in [-0.3, -0.25) is 9.59 Å². The Morgan fingerprint density at radius 3 is 2.45 bits per heavy atom. The van der Waals surface area contributed by atoms with Crippen molar-refractivity contribution >= 4 is 11.8 Å². The highest BCUT2D eigenvalue weighted by Gasteiger charge is 2.16. The van der Waals surface area contributed by atoms with E-state index in [-0.39, 0.29) is 5.91 Å². The Balaban J connectivity index is 3.74. The van der Waals surface area contributed by atoms with Crippen LogP contribution in [0.4, 0.5) is 0 Å². The molecule has 0 aromatic carbocycles. The van der Waals surface area contributed by atoms with Crippen LogP contribution < -0.4 is 11.1 Å². The fourth-order valence-corrected chi connectivity index (χ4v) is 0.530. The number of carbonyl (C=O) groups excluding carboxylic acids is 2. The molecule has 2 amide bonds. The van der Waals surface area contributed by atoms with Crippen molar-refractivity contribution in [2.24, 2.45) is 11.7 Å². The molecule has 0 radical (unpaired) electrons. The molecule has 4 heteroatoms. The smallest absolute Gasteiger partial charge is 0.232 e. The van der Waals surface area contributed by atoms with Crippen molar-refractivity contribution in [1.82, 2.24) is 5.32 Å². The van der Waals surface area contributed by atoms with E-state index >= 15 is 0 Å². The van der Waals surface area contributed by atoms with Gasteiger partial charge in [0.15, 0.2) is 0 Å². The topological polar surface area (TPSA) is 72.2 Å².